The highest BCUT2D eigenvalue weighted by Crippen LogP contribution is 2.24. The van der Waals surface area contributed by atoms with Gasteiger partial charge < -0.3 is 9.26 Å². The Labute approximate surface area is 163 Å². The van der Waals surface area contributed by atoms with E-state index in [-0.39, 0.29) is 22.4 Å². The number of benzene rings is 2. The zero-order valence-corrected chi connectivity index (χ0v) is 15.2. The smallest absolute Gasteiger partial charge is 0.282 e. The van der Waals surface area contributed by atoms with E-state index in [1.165, 1.54) is 29.1 Å². The van der Waals surface area contributed by atoms with Gasteiger partial charge in [0.25, 0.3) is 5.89 Å². The summed E-state index contributed by atoms with van der Waals surface area (Å²) in [7, 11) is 1.56. The predicted octanol–water partition coefficient (Wildman–Crippen LogP) is 3.75. The molecule has 0 fully saturated rings. The van der Waals surface area contributed by atoms with Crippen LogP contribution >= 0.6 is 11.6 Å². The number of rotatable bonds is 4. The van der Waals surface area contributed by atoms with Crippen molar-refractivity contribution in [3.63, 3.8) is 0 Å². The van der Waals surface area contributed by atoms with Crippen molar-refractivity contribution in [1.29, 1.82) is 0 Å². The second-order valence-electron chi connectivity index (χ2n) is 5.73. The number of halogens is 2. The maximum Gasteiger partial charge on any atom is 0.282 e. The van der Waals surface area contributed by atoms with Gasteiger partial charge in [-0.1, -0.05) is 22.8 Å². The van der Waals surface area contributed by atoms with Gasteiger partial charge in [-0.25, -0.2) is 9.07 Å². The van der Waals surface area contributed by atoms with Gasteiger partial charge in [-0.15, -0.1) is 0 Å². The Balaban J connectivity index is 1.74. The molecule has 2 aromatic carbocycles. The summed E-state index contributed by atoms with van der Waals surface area (Å²) in [4.78, 5) is 16.4. The van der Waals surface area contributed by atoms with E-state index in [9.17, 15) is 9.18 Å². The third-order valence-corrected chi connectivity index (χ3v) is 4.24. The maximum atomic E-state index is 13.7. The van der Waals surface area contributed by atoms with Crippen LogP contribution in [-0.4, -0.2) is 27.0 Å². The standard InChI is InChI=1S/C19H12ClFN4O3/c1-27-13-4-2-3-12(10-13)25-8-7-16(26)17(23-25)19-22-18(24-28-19)11-5-6-14(20)15(21)9-11/h2-10H,1H3. The van der Waals surface area contributed by atoms with Gasteiger partial charge >= 0.3 is 0 Å². The monoisotopic (exact) mass is 398 g/mol. The molecule has 0 N–H and O–H groups in total. The molecule has 7 nitrogen and oxygen atoms in total. The van der Waals surface area contributed by atoms with E-state index in [0.717, 1.165) is 0 Å². The summed E-state index contributed by atoms with van der Waals surface area (Å²) in [6, 6.07) is 12.6. The molecular weight excluding hydrogens is 387 g/mol. The third kappa shape index (κ3) is 3.37. The van der Waals surface area contributed by atoms with Crippen LogP contribution in [0.15, 0.2) is 64.0 Å². The molecule has 9 heteroatoms. The molecule has 0 aliphatic carbocycles. The number of hydrogen-bond donors (Lipinski definition) is 0. The van der Waals surface area contributed by atoms with Gasteiger partial charge in [0.1, 0.15) is 11.6 Å². The van der Waals surface area contributed by atoms with Crippen LogP contribution in [0, 0.1) is 5.82 Å². The Hall–Kier alpha value is -3.52. The van der Waals surface area contributed by atoms with E-state index in [2.05, 4.69) is 15.2 Å². The summed E-state index contributed by atoms with van der Waals surface area (Å²) < 4.78 is 25.5. The molecule has 0 saturated carbocycles. The molecule has 2 aromatic heterocycles. The van der Waals surface area contributed by atoms with Gasteiger partial charge in [-0.2, -0.15) is 10.1 Å². The van der Waals surface area contributed by atoms with E-state index in [1.807, 2.05) is 0 Å². The minimum absolute atomic E-state index is 0.0154. The highest BCUT2D eigenvalue weighted by atomic mass is 35.5. The van der Waals surface area contributed by atoms with Gasteiger partial charge in [0.05, 0.1) is 17.8 Å². The molecule has 2 heterocycles. The normalized spacial score (nSPS) is 10.8. The molecule has 4 aromatic rings. The average molecular weight is 399 g/mol. The lowest BCUT2D eigenvalue weighted by atomic mass is 10.2. The van der Waals surface area contributed by atoms with Crippen molar-refractivity contribution in [3.8, 4) is 34.4 Å². The van der Waals surface area contributed by atoms with Crippen molar-refractivity contribution >= 4 is 11.6 Å². The van der Waals surface area contributed by atoms with Gasteiger partial charge in [0.15, 0.2) is 5.69 Å². The molecule has 0 saturated heterocycles. The fourth-order valence-corrected chi connectivity index (χ4v) is 2.64. The Morgan fingerprint density at radius 3 is 2.82 bits per heavy atom. The van der Waals surface area contributed by atoms with E-state index in [1.54, 1.807) is 37.4 Å². The van der Waals surface area contributed by atoms with Crippen LogP contribution in [0.3, 0.4) is 0 Å². The largest absolute Gasteiger partial charge is 0.497 e. The minimum atomic E-state index is -0.608. The highest BCUT2D eigenvalue weighted by molar-refractivity contribution is 6.30. The minimum Gasteiger partial charge on any atom is -0.497 e. The number of hydrogen-bond acceptors (Lipinski definition) is 6. The molecule has 0 aliphatic heterocycles. The summed E-state index contributed by atoms with van der Waals surface area (Å²) in [5.41, 5.74) is 0.621. The van der Waals surface area contributed by atoms with Crippen molar-refractivity contribution in [3.05, 3.63) is 75.8 Å². The average Bonchev–Trinajstić information content (AvgIpc) is 3.20. The SMILES string of the molecule is COc1cccc(-n2ccc(=O)c(-c3nc(-c4ccc(Cl)c(F)c4)no3)n2)c1. The first-order chi connectivity index (χ1) is 13.5. The Morgan fingerprint density at radius 1 is 1.18 bits per heavy atom. The summed E-state index contributed by atoms with van der Waals surface area (Å²) in [5.74, 6) is 0.0734. The zero-order valence-electron chi connectivity index (χ0n) is 14.5. The van der Waals surface area contributed by atoms with Crippen molar-refractivity contribution in [2.45, 2.75) is 0 Å². The first-order valence-electron chi connectivity index (χ1n) is 8.09. The Bertz CT molecular complexity index is 1220. The van der Waals surface area contributed by atoms with Crippen molar-refractivity contribution < 1.29 is 13.7 Å². The van der Waals surface area contributed by atoms with Crippen LogP contribution in [0.1, 0.15) is 0 Å². The van der Waals surface area contributed by atoms with Gasteiger partial charge in [-0.05, 0) is 30.3 Å². The molecule has 0 radical (unpaired) electrons. The predicted molar refractivity (Wildman–Crippen MR) is 100 cm³/mol. The van der Waals surface area contributed by atoms with E-state index < -0.39 is 11.2 Å². The molecule has 4 rings (SSSR count). The zero-order chi connectivity index (χ0) is 19.7. The summed E-state index contributed by atoms with van der Waals surface area (Å²) in [6.45, 7) is 0. The molecule has 140 valence electrons. The number of aromatic nitrogens is 4. The molecule has 0 unspecified atom stereocenters. The first-order valence-corrected chi connectivity index (χ1v) is 8.47. The van der Waals surface area contributed by atoms with Crippen molar-refractivity contribution in [2.75, 3.05) is 7.11 Å². The third-order valence-electron chi connectivity index (χ3n) is 3.93. The van der Waals surface area contributed by atoms with Gasteiger partial charge in [0.2, 0.25) is 11.3 Å². The topological polar surface area (TPSA) is 83.0 Å². The summed E-state index contributed by atoms with van der Waals surface area (Å²) in [5, 5.41) is 8.07. The summed E-state index contributed by atoms with van der Waals surface area (Å²) in [6.07, 6.45) is 1.52. The number of nitrogens with zero attached hydrogens (tertiary/aromatic N) is 4. The van der Waals surface area contributed by atoms with E-state index >= 15 is 0 Å². The fraction of sp³-hybridized carbons (Fsp3) is 0.0526. The lowest BCUT2D eigenvalue weighted by Gasteiger charge is -2.07. The Kier molecular flexibility index (Phi) is 4.62. The molecule has 28 heavy (non-hydrogen) atoms. The highest BCUT2D eigenvalue weighted by Gasteiger charge is 2.17. The lowest BCUT2D eigenvalue weighted by Crippen LogP contribution is -2.12. The molecule has 0 aliphatic rings. The first kappa shape index (κ1) is 17.9. The van der Waals surface area contributed by atoms with Crippen LogP contribution in [0.5, 0.6) is 5.75 Å². The van der Waals surface area contributed by atoms with Gasteiger partial charge in [0, 0.05) is 23.9 Å². The van der Waals surface area contributed by atoms with Gasteiger partial charge in [-0.3, -0.25) is 4.79 Å². The van der Waals surface area contributed by atoms with E-state index in [4.69, 9.17) is 20.9 Å². The van der Waals surface area contributed by atoms with E-state index in [0.29, 0.717) is 17.0 Å². The number of methoxy groups -OCH3 is 1. The molecular formula is C19H12ClFN4O3. The molecule has 0 spiro atoms. The lowest BCUT2D eigenvalue weighted by molar-refractivity contribution is 0.414. The molecule has 0 bridgehead atoms. The van der Waals surface area contributed by atoms with Crippen molar-refractivity contribution in [1.82, 2.24) is 19.9 Å². The van der Waals surface area contributed by atoms with Crippen LogP contribution in [0.2, 0.25) is 5.02 Å². The maximum absolute atomic E-state index is 13.7. The second kappa shape index (κ2) is 7.24. The summed E-state index contributed by atoms with van der Waals surface area (Å²) >= 11 is 5.68. The fourth-order valence-electron chi connectivity index (χ4n) is 2.52. The van der Waals surface area contributed by atoms with Crippen LogP contribution in [-0.2, 0) is 0 Å². The molecule has 0 atom stereocenters. The van der Waals surface area contributed by atoms with Crippen LogP contribution in [0.25, 0.3) is 28.7 Å². The molecule has 0 amide bonds. The van der Waals surface area contributed by atoms with Crippen LogP contribution < -0.4 is 10.2 Å². The van der Waals surface area contributed by atoms with Crippen LogP contribution in [0.4, 0.5) is 4.39 Å². The number of ether oxygens (including phenoxy) is 1. The Morgan fingerprint density at radius 2 is 2.04 bits per heavy atom. The quantitative estimate of drug-likeness (QED) is 0.520. The van der Waals surface area contributed by atoms with Crippen molar-refractivity contribution in [2.24, 2.45) is 0 Å². The second-order valence-corrected chi connectivity index (χ2v) is 6.13.